The minimum atomic E-state index is -0.550. The number of hydrogen-bond donors (Lipinski definition) is 1. The third kappa shape index (κ3) is 2.52. The Morgan fingerprint density at radius 3 is 3.06 bits per heavy atom. The average molecular weight is 235 g/mol. The quantitative estimate of drug-likeness (QED) is 0.809. The zero-order valence-corrected chi connectivity index (χ0v) is 9.42. The Bertz CT molecular complexity index is 421. The molecule has 90 valence electrons. The van der Waals surface area contributed by atoms with Crippen LogP contribution >= 0.6 is 0 Å². The van der Waals surface area contributed by atoms with Gasteiger partial charge in [-0.3, -0.25) is 14.7 Å². The Balaban J connectivity index is 1.88. The highest BCUT2D eigenvalue weighted by Crippen LogP contribution is 2.09. The molecular weight excluding hydrogens is 222 g/mol. The van der Waals surface area contributed by atoms with Gasteiger partial charge in [-0.25, -0.2) is 4.79 Å². The third-order valence-electron chi connectivity index (χ3n) is 2.59. The topological polar surface area (TPSA) is 71.5 Å². The van der Waals surface area contributed by atoms with Gasteiger partial charge in [0.05, 0.1) is 12.2 Å². The second-order valence-corrected chi connectivity index (χ2v) is 3.74. The van der Waals surface area contributed by atoms with Crippen LogP contribution < -0.4 is 5.32 Å². The van der Waals surface area contributed by atoms with Crippen molar-refractivity contribution in [2.75, 3.05) is 13.7 Å². The molecule has 1 aliphatic rings. The number of cyclic esters (lactones) is 1. The summed E-state index contributed by atoms with van der Waals surface area (Å²) in [5, 5.41) is 2.72. The first-order valence-corrected chi connectivity index (χ1v) is 5.25. The molecule has 2 heterocycles. The molecule has 1 fully saturated rings. The van der Waals surface area contributed by atoms with Gasteiger partial charge in [0.15, 0.2) is 0 Å². The molecule has 2 amide bonds. The fourth-order valence-corrected chi connectivity index (χ4v) is 1.54. The van der Waals surface area contributed by atoms with Crippen LogP contribution in [-0.2, 0) is 16.1 Å². The smallest absolute Gasteiger partial charge is 0.410 e. The van der Waals surface area contributed by atoms with Crippen molar-refractivity contribution in [1.82, 2.24) is 15.2 Å². The predicted molar refractivity (Wildman–Crippen MR) is 59.0 cm³/mol. The van der Waals surface area contributed by atoms with Crippen molar-refractivity contribution in [3.8, 4) is 0 Å². The molecule has 1 unspecified atom stereocenters. The van der Waals surface area contributed by atoms with Crippen LogP contribution in [0.1, 0.15) is 5.69 Å². The maximum absolute atomic E-state index is 11.8. The molecule has 1 N–H and O–H groups in total. The maximum Gasteiger partial charge on any atom is 0.410 e. The number of pyridine rings is 1. The van der Waals surface area contributed by atoms with Gasteiger partial charge in [0.2, 0.25) is 5.91 Å². The van der Waals surface area contributed by atoms with E-state index in [9.17, 15) is 9.59 Å². The van der Waals surface area contributed by atoms with E-state index in [4.69, 9.17) is 4.74 Å². The van der Waals surface area contributed by atoms with Crippen molar-refractivity contribution in [1.29, 1.82) is 0 Å². The zero-order valence-electron chi connectivity index (χ0n) is 9.42. The van der Waals surface area contributed by atoms with E-state index in [-0.39, 0.29) is 12.5 Å². The molecule has 1 saturated heterocycles. The van der Waals surface area contributed by atoms with Gasteiger partial charge in [-0.1, -0.05) is 6.07 Å². The van der Waals surface area contributed by atoms with Gasteiger partial charge in [-0.15, -0.1) is 0 Å². The van der Waals surface area contributed by atoms with Crippen molar-refractivity contribution in [3.05, 3.63) is 30.1 Å². The number of rotatable bonds is 3. The molecule has 1 aliphatic heterocycles. The number of likely N-dealkylation sites (N-methyl/N-ethyl adjacent to an activating group) is 1. The standard InChI is InChI=1S/C11H13N3O3/c1-14-9(7-17-11(14)16)10(15)13-6-8-4-2-3-5-12-8/h2-5,9H,6-7H2,1H3,(H,13,15). The van der Waals surface area contributed by atoms with Gasteiger partial charge >= 0.3 is 6.09 Å². The molecule has 0 spiro atoms. The van der Waals surface area contributed by atoms with Crippen LogP contribution in [0.15, 0.2) is 24.4 Å². The molecule has 1 aromatic rings. The molecular formula is C11H13N3O3. The Kier molecular flexibility index (Phi) is 3.22. The van der Waals surface area contributed by atoms with Crippen LogP contribution in [0, 0.1) is 0 Å². The lowest BCUT2D eigenvalue weighted by Crippen LogP contribution is -2.43. The number of hydrogen-bond acceptors (Lipinski definition) is 4. The van der Waals surface area contributed by atoms with E-state index in [1.165, 1.54) is 4.90 Å². The molecule has 1 aromatic heterocycles. The van der Waals surface area contributed by atoms with E-state index in [1.54, 1.807) is 13.2 Å². The van der Waals surface area contributed by atoms with Gasteiger partial charge in [0.25, 0.3) is 0 Å². The third-order valence-corrected chi connectivity index (χ3v) is 2.59. The van der Waals surface area contributed by atoms with Crippen molar-refractivity contribution >= 4 is 12.0 Å². The summed E-state index contributed by atoms with van der Waals surface area (Å²) in [6, 6.07) is 4.93. The summed E-state index contributed by atoms with van der Waals surface area (Å²) in [6.07, 6.45) is 1.19. The number of nitrogens with zero attached hydrogens (tertiary/aromatic N) is 2. The van der Waals surface area contributed by atoms with Gasteiger partial charge in [-0.2, -0.15) is 0 Å². The van der Waals surface area contributed by atoms with Crippen LogP contribution in [0.3, 0.4) is 0 Å². The first-order chi connectivity index (χ1) is 8.18. The minimum Gasteiger partial charge on any atom is -0.447 e. The van der Waals surface area contributed by atoms with E-state index in [2.05, 4.69) is 10.3 Å². The van der Waals surface area contributed by atoms with Crippen LogP contribution in [0.5, 0.6) is 0 Å². The summed E-state index contributed by atoms with van der Waals surface area (Å²) in [5.41, 5.74) is 0.772. The highest BCUT2D eigenvalue weighted by molar-refractivity contribution is 5.87. The fraction of sp³-hybridized carbons (Fsp3) is 0.364. The van der Waals surface area contributed by atoms with E-state index >= 15 is 0 Å². The lowest BCUT2D eigenvalue weighted by atomic mass is 10.2. The number of aromatic nitrogens is 1. The fourth-order valence-electron chi connectivity index (χ4n) is 1.54. The molecule has 17 heavy (non-hydrogen) atoms. The lowest BCUT2D eigenvalue weighted by Gasteiger charge is -2.15. The molecule has 6 nitrogen and oxygen atoms in total. The Morgan fingerprint density at radius 1 is 1.65 bits per heavy atom. The van der Waals surface area contributed by atoms with Crippen molar-refractivity contribution in [2.24, 2.45) is 0 Å². The van der Waals surface area contributed by atoms with Gasteiger partial charge in [-0.05, 0) is 12.1 Å². The number of carbonyl (C=O) groups is 2. The van der Waals surface area contributed by atoms with Crippen LogP contribution in [-0.4, -0.2) is 41.6 Å². The van der Waals surface area contributed by atoms with Crippen molar-refractivity contribution in [2.45, 2.75) is 12.6 Å². The summed E-state index contributed by atoms with van der Waals surface area (Å²) in [7, 11) is 1.54. The Morgan fingerprint density at radius 2 is 2.47 bits per heavy atom. The van der Waals surface area contributed by atoms with E-state index < -0.39 is 12.1 Å². The minimum absolute atomic E-state index is 0.101. The second-order valence-electron chi connectivity index (χ2n) is 3.74. The first kappa shape index (κ1) is 11.4. The summed E-state index contributed by atoms with van der Waals surface area (Å²) >= 11 is 0. The molecule has 0 radical (unpaired) electrons. The summed E-state index contributed by atoms with van der Waals surface area (Å²) in [5.74, 6) is -0.232. The van der Waals surface area contributed by atoms with Crippen LogP contribution in [0.4, 0.5) is 4.79 Å². The number of amides is 2. The average Bonchev–Trinajstić information content (AvgIpc) is 2.69. The monoisotopic (exact) mass is 235 g/mol. The molecule has 1 atom stereocenters. The number of nitrogens with one attached hydrogen (secondary N) is 1. The second kappa shape index (κ2) is 4.82. The van der Waals surface area contributed by atoms with Crippen molar-refractivity contribution < 1.29 is 14.3 Å². The zero-order chi connectivity index (χ0) is 12.3. The van der Waals surface area contributed by atoms with Gasteiger partial charge < -0.3 is 10.1 Å². The maximum atomic E-state index is 11.8. The number of ether oxygens (including phenoxy) is 1. The Labute approximate surface area is 98.6 Å². The molecule has 0 bridgehead atoms. The molecule has 0 aliphatic carbocycles. The molecule has 2 rings (SSSR count). The van der Waals surface area contributed by atoms with Crippen molar-refractivity contribution in [3.63, 3.8) is 0 Å². The summed E-state index contributed by atoms with van der Waals surface area (Å²) in [6.45, 7) is 0.446. The SMILES string of the molecule is CN1C(=O)OCC1C(=O)NCc1ccccn1. The molecule has 0 aromatic carbocycles. The molecule has 6 heteroatoms. The largest absolute Gasteiger partial charge is 0.447 e. The highest BCUT2D eigenvalue weighted by Gasteiger charge is 2.34. The van der Waals surface area contributed by atoms with E-state index in [0.717, 1.165) is 5.69 Å². The summed E-state index contributed by atoms with van der Waals surface area (Å²) < 4.78 is 4.76. The Hall–Kier alpha value is -2.11. The van der Waals surface area contributed by atoms with Crippen LogP contribution in [0.25, 0.3) is 0 Å². The van der Waals surface area contributed by atoms with Crippen LogP contribution in [0.2, 0.25) is 0 Å². The van der Waals surface area contributed by atoms with Gasteiger partial charge in [0, 0.05) is 13.2 Å². The van der Waals surface area contributed by atoms with E-state index in [1.807, 2.05) is 18.2 Å². The highest BCUT2D eigenvalue weighted by atomic mass is 16.6. The van der Waals surface area contributed by atoms with Gasteiger partial charge in [0.1, 0.15) is 12.6 Å². The van der Waals surface area contributed by atoms with E-state index in [0.29, 0.717) is 6.54 Å². The summed E-state index contributed by atoms with van der Waals surface area (Å²) in [4.78, 5) is 28.2. The normalized spacial score (nSPS) is 19.0. The first-order valence-electron chi connectivity index (χ1n) is 5.25. The molecule has 0 saturated carbocycles. The lowest BCUT2D eigenvalue weighted by molar-refractivity contribution is -0.124. The predicted octanol–water partition coefficient (Wildman–Crippen LogP) is 0.148. The number of carbonyl (C=O) groups excluding carboxylic acids is 2.